The number of hydrogen-bond acceptors (Lipinski definition) is 4. The molecular formula is C12H17N3O. The standard InChI is InChI=1S/C12H17N3O/c1-8-5-4-6-10-11(8)16-12(14-10)15(3)9(2)7-13/h4-6,9H,7,13H2,1-3H3. The molecule has 4 nitrogen and oxygen atoms in total. The number of nitrogens with two attached hydrogens (primary N) is 1. The lowest BCUT2D eigenvalue weighted by Gasteiger charge is -2.20. The van der Waals surface area contributed by atoms with E-state index in [1.807, 2.05) is 44.0 Å². The molecule has 0 amide bonds. The average Bonchev–Trinajstić information content (AvgIpc) is 2.72. The first-order valence-electron chi connectivity index (χ1n) is 5.42. The molecule has 2 aromatic rings. The summed E-state index contributed by atoms with van der Waals surface area (Å²) in [6.45, 7) is 4.64. The summed E-state index contributed by atoms with van der Waals surface area (Å²) in [6, 6.07) is 6.80. The molecule has 0 saturated heterocycles. The van der Waals surface area contributed by atoms with Crippen molar-refractivity contribution in [3.05, 3.63) is 23.8 Å². The van der Waals surface area contributed by atoms with Crippen LogP contribution in [0.2, 0.25) is 0 Å². The minimum absolute atomic E-state index is 0.216. The normalized spacial score (nSPS) is 13.0. The maximum absolute atomic E-state index is 5.74. The van der Waals surface area contributed by atoms with Crippen LogP contribution < -0.4 is 10.6 Å². The first-order valence-corrected chi connectivity index (χ1v) is 5.42. The van der Waals surface area contributed by atoms with Gasteiger partial charge in [0.15, 0.2) is 5.58 Å². The van der Waals surface area contributed by atoms with E-state index in [0.717, 1.165) is 16.7 Å². The summed E-state index contributed by atoms with van der Waals surface area (Å²) in [5.41, 5.74) is 8.47. The molecule has 86 valence electrons. The SMILES string of the molecule is Cc1cccc2nc(N(C)C(C)CN)oc12. The lowest BCUT2D eigenvalue weighted by molar-refractivity contribution is 0.550. The Bertz CT molecular complexity index is 492. The molecule has 1 aromatic heterocycles. The van der Waals surface area contributed by atoms with E-state index in [9.17, 15) is 0 Å². The lowest BCUT2D eigenvalue weighted by Crippen LogP contribution is -2.35. The van der Waals surface area contributed by atoms with Gasteiger partial charge in [-0.15, -0.1) is 0 Å². The maximum atomic E-state index is 5.74. The minimum atomic E-state index is 0.216. The van der Waals surface area contributed by atoms with Gasteiger partial charge < -0.3 is 15.1 Å². The van der Waals surface area contributed by atoms with Crippen molar-refractivity contribution in [3.8, 4) is 0 Å². The van der Waals surface area contributed by atoms with Crippen molar-refractivity contribution < 1.29 is 4.42 Å². The molecule has 0 aliphatic heterocycles. The van der Waals surface area contributed by atoms with Crippen LogP contribution >= 0.6 is 0 Å². The Morgan fingerprint density at radius 2 is 2.25 bits per heavy atom. The van der Waals surface area contributed by atoms with Gasteiger partial charge in [-0.1, -0.05) is 12.1 Å². The summed E-state index contributed by atoms with van der Waals surface area (Å²) >= 11 is 0. The highest BCUT2D eigenvalue weighted by molar-refractivity contribution is 5.77. The number of hydrogen-bond donors (Lipinski definition) is 1. The number of benzene rings is 1. The van der Waals surface area contributed by atoms with E-state index in [1.54, 1.807) is 0 Å². The molecule has 0 saturated carbocycles. The van der Waals surface area contributed by atoms with Crippen LogP contribution in [-0.2, 0) is 0 Å². The summed E-state index contributed by atoms with van der Waals surface area (Å²) in [4.78, 5) is 6.40. The third kappa shape index (κ3) is 1.76. The Kier molecular flexibility index (Phi) is 2.83. The summed E-state index contributed by atoms with van der Waals surface area (Å²) < 4.78 is 5.74. The van der Waals surface area contributed by atoms with Crippen molar-refractivity contribution in [1.82, 2.24) is 4.98 Å². The first-order chi connectivity index (χ1) is 7.63. The minimum Gasteiger partial charge on any atom is -0.423 e. The number of likely N-dealkylation sites (N-methyl/N-ethyl adjacent to an activating group) is 1. The Labute approximate surface area is 95.1 Å². The number of rotatable bonds is 3. The predicted molar refractivity (Wildman–Crippen MR) is 65.7 cm³/mol. The van der Waals surface area contributed by atoms with Crippen LogP contribution in [0.1, 0.15) is 12.5 Å². The molecule has 4 heteroatoms. The number of aromatic nitrogens is 1. The molecule has 16 heavy (non-hydrogen) atoms. The molecule has 2 rings (SSSR count). The second-order valence-corrected chi connectivity index (χ2v) is 4.12. The van der Waals surface area contributed by atoms with E-state index in [4.69, 9.17) is 10.2 Å². The van der Waals surface area contributed by atoms with Gasteiger partial charge in [0.05, 0.1) is 0 Å². The summed E-state index contributed by atoms with van der Waals surface area (Å²) in [5.74, 6) is 0. The van der Waals surface area contributed by atoms with E-state index < -0.39 is 0 Å². The second kappa shape index (κ2) is 4.14. The zero-order chi connectivity index (χ0) is 11.7. The van der Waals surface area contributed by atoms with Gasteiger partial charge in [-0.05, 0) is 25.5 Å². The Morgan fingerprint density at radius 3 is 2.88 bits per heavy atom. The smallest absolute Gasteiger partial charge is 0.298 e. The number of oxazole rings is 1. The van der Waals surface area contributed by atoms with Gasteiger partial charge in [0, 0.05) is 19.6 Å². The van der Waals surface area contributed by atoms with Crippen LogP contribution in [0, 0.1) is 6.92 Å². The van der Waals surface area contributed by atoms with Crippen LogP contribution in [0.15, 0.2) is 22.6 Å². The van der Waals surface area contributed by atoms with E-state index in [2.05, 4.69) is 4.98 Å². The second-order valence-electron chi connectivity index (χ2n) is 4.12. The third-order valence-corrected chi connectivity index (χ3v) is 2.90. The van der Waals surface area contributed by atoms with Crippen molar-refractivity contribution in [2.45, 2.75) is 19.9 Å². The van der Waals surface area contributed by atoms with Crippen LogP contribution in [0.25, 0.3) is 11.1 Å². The number of nitrogens with zero attached hydrogens (tertiary/aromatic N) is 2. The van der Waals surface area contributed by atoms with Crippen molar-refractivity contribution in [1.29, 1.82) is 0 Å². The van der Waals surface area contributed by atoms with Crippen molar-refractivity contribution in [2.24, 2.45) is 5.73 Å². The molecule has 2 N–H and O–H groups in total. The Morgan fingerprint density at radius 1 is 1.50 bits per heavy atom. The van der Waals surface area contributed by atoms with Gasteiger partial charge >= 0.3 is 0 Å². The molecule has 1 unspecified atom stereocenters. The monoisotopic (exact) mass is 219 g/mol. The summed E-state index contributed by atoms with van der Waals surface area (Å²) in [7, 11) is 1.94. The number of anilines is 1. The highest BCUT2D eigenvalue weighted by atomic mass is 16.4. The summed E-state index contributed by atoms with van der Waals surface area (Å²) in [6.07, 6.45) is 0. The zero-order valence-electron chi connectivity index (χ0n) is 9.90. The fraction of sp³-hybridized carbons (Fsp3) is 0.417. The molecule has 0 radical (unpaired) electrons. The summed E-state index contributed by atoms with van der Waals surface area (Å²) in [5, 5.41) is 0. The van der Waals surface area contributed by atoms with E-state index in [1.165, 1.54) is 0 Å². The van der Waals surface area contributed by atoms with Gasteiger partial charge in [-0.25, -0.2) is 0 Å². The molecule has 0 aliphatic rings. The lowest BCUT2D eigenvalue weighted by atomic mass is 10.2. The van der Waals surface area contributed by atoms with Gasteiger partial charge in [-0.2, -0.15) is 4.98 Å². The molecule has 1 heterocycles. The zero-order valence-corrected chi connectivity index (χ0v) is 9.90. The van der Waals surface area contributed by atoms with Crippen molar-refractivity contribution in [2.75, 3.05) is 18.5 Å². The molecule has 1 aromatic carbocycles. The molecule has 0 spiro atoms. The highest BCUT2D eigenvalue weighted by Gasteiger charge is 2.15. The predicted octanol–water partition coefficient (Wildman–Crippen LogP) is 1.92. The fourth-order valence-corrected chi connectivity index (χ4v) is 1.57. The number of aryl methyl sites for hydroxylation is 1. The first kappa shape index (κ1) is 11.0. The fourth-order valence-electron chi connectivity index (χ4n) is 1.57. The molecule has 1 atom stereocenters. The van der Waals surface area contributed by atoms with Gasteiger partial charge in [-0.3, -0.25) is 0 Å². The quantitative estimate of drug-likeness (QED) is 0.856. The van der Waals surface area contributed by atoms with E-state index in [-0.39, 0.29) is 6.04 Å². The molecular weight excluding hydrogens is 202 g/mol. The van der Waals surface area contributed by atoms with Gasteiger partial charge in [0.1, 0.15) is 5.52 Å². The molecule has 0 fully saturated rings. The van der Waals surface area contributed by atoms with Crippen molar-refractivity contribution in [3.63, 3.8) is 0 Å². The molecule has 0 bridgehead atoms. The average molecular weight is 219 g/mol. The van der Waals surface area contributed by atoms with Gasteiger partial charge in [0.25, 0.3) is 6.01 Å². The van der Waals surface area contributed by atoms with E-state index in [0.29, 0.717) is 12.6 Å². The topological polar surface area (TPSA) is 55.3 Å². The Hall–Kier alpha value is -1.55. The largest absolute Gasteiger partial charge is 0.423 e. The maximum Gasteiger partial charge on any atom is 0.298 e. The number of para-hydroxylation sites is 1. The van der Waals surface area contributed by atoms with Gasteiger partial charge in [0.2, 0.25) is 0 Å². The third-order valence-electron chi connectivity index (χ3n) is 2.90. The van der Waals surface area contributed by atoms with Crippen molar-refractivity contribution >= 4 is 17.1 Å². The van der Waals surface area contributed by atoms with Crippen LogP contribution in [0.5, 0.6) is 0 Å². The van der Waals surface area contributed by atoms with Crippen LogP contribution in [0.4, 0.5) is 6.01 Å². The van der Waals surface area contributed by atoms with E-state index >= 15 is 0 Å². The van der Waals surface area contributed by atoms with Crippen LogP contribution in [0.3, 0.4) is 0 Å². The highest BCUT2D eigenvalue weighted by Crippen LogP contribution is 2.24. The number of fused-ring (bicyclic) bond motifs is 1. The van der Waals surface area contributed by atoms with Crippen LogP contribution in [-0.4, -0.2) is 24.6 Å². The Balaban J connectivity index is 2.43. The molecule has 0 aliphatic carbocycles.